The lowest BCUT2D eigenvalue weighted by Gasteiger charge is -2.29. The van der Waals surface area contributed by atoms with Crippen molar-refractivity contribution in [3.8, 4) is 22.9 Å². The first kappa shape index (κ1) is 27.7. The third-order valence-electron chi connectivity index (χ3n) is 6.60. The van der Waals surface area contributed by atoms with Crippen molar-refractivity contribution in [2.75, 3.05) is 23.5 Å². The van der Waals surface area contributed by atoms with Gasteiger partial charge in [0.25, 0.3) is 5.91 Å². The molecule has 10 heteroatoms. The first-order valence-corrected chi connectivity index (χ1v) is 13.0. The number of hydrogen-bond acceptors (Lipinski definition) is 6. The van der Waals surface area contributed by atoms with Crippen molar-refractivity contribution in [2.45, 2.75) is 32.7 Å². The third kappa shape index (κ3) is 5.16. The maximum Gasteiger partial charge on any atom is 0.258 e. The predicted molar refractivity (Wildman–Crippen MR) is 154 cm³/mol. The molecule has 0 unspecified atom stereocenters. The molecule has 3 aromatic carbocycles. The normalized spacial score (nSPS) is 14.6. The Hall–Kier alpha value is -3.35. The minimum Gasteiger partial charge on any atom is -0.493 e. The van der Waals surface area contributed by atoms with Crippen LogP contribution in [0.5, 0.6) is 5.75 Å². The van der Waals surface area contributed by atoms with Crippen LogP contribution in [-0.2, 0) is 4.79 Å². The van der Waals surface area contributed by atoms with Crippen LogP contribution >= 0.6 is 35.4 Å². The van der Waals surface area contributed by atoms with Crippen molar-refractivity contribution in [3.05, 3.63) is 75.8 Å². The van der Waals surface area contributed by atoms with E-state index in [0.717, 1.165) is 11.1 Å². The number of amides is 1. The van der Waals surface area contributed by atoms with E-state index in [1.165, 1.54) is 4.90 Å². The fourth-order valence-electron chi connectivity index (χ4n) is 4.38. The molecule has 0 aliphatic carbocycles. The van der Waals surface area contributed by atoms with Crippen LogP contribution < -0.4 is 15.1 Å². The molecule has 0 saturated carbocycles. The van der Waals surface area contributed by atoms with Crippen LogP contribution in [0.4, 0.5) is 11.4 Å². The molecule has 0 bridgehead atoms. The lowest BCUT2D eigenvalue weighted by molar-refractivity contribution is -0.123. The van der Waals surface area contributed by atoms with Gasteiger partial charge < -0.3 is 9.64 Å². The van der Waals surface area contributed by atoms with Crippen LogP contribution in [0.2, 0.25) is 10.0 Å². The van der Waals surface area contributed by atoms with Crippen molar-refractivity contribution < 1.29 is 14.7 Å². The van der Waals surface area contributed by atoms with Crippen molar-refractivity contribution >= 4 is 57.8 Å². The minimum absolute atomic E-state index is 0.155. The molecule has 1 fully saturated rings. The Morgan fingerprint density at radius 3 is 2.47 bits per heavy atom. The second-order valence-corrected chi connectivity index (χ2v) is 10.5. The number of nitriles is 1. The summed E-state index contributed by atoms with van der Waals surface area (Å²) in [6, 6.07) is 18.1. The third-order valence-corrected chi connectivity index (χ3v) is 7.81. The Morgan fingerprint density at radius 2 is 1.84 bits per heavy atom. The van der Waals surface area contributed by atoms with Crippen LogP contribution in [0.1, 0.15) is 31.4 Å². The summed E-state index contributed by atoms with van der Waals surface area (Å²) in [5.74, 6) is 0.480. The SMILES string of the molecule is Cc1c(N2C(=O)C(C)(C)N(CCCOc3ccc(-c4ccc(NO)cc4)c(Cl)c3)C2=S)ccc(C#N)c1Cl. The van der Waals surface area contributed by atoms with Gasteiger partial charge in [-0.25, -0.2) is 0 Å². The average molecular weight is 570 g/mol. The summed E-state index contributed by atoms with van der Waals surface area (Å²) in [6.07, 6.45) is 0.618. The van der Waals surface area contributed by atoms with E-state index >= 15 is 0 Å². The summed E-state index contributed by atoms with van der Waals surface area (Å²) < 4.78 is 5.93. The van der Waals surface area contributed by atoms with E-state index in [-0.39, 0.29) is 5.91 Å². The number of hydrogen-bond donors (Lipinski definition) is 2. The van der Waals surface area contributed by atoms with E-state index < -0.39 is 5.54 Å². The molecule has 3 aromatic rings. The van der Waals surface area contributed by atoms with Crippen LogP contribution in [0, 0.1) is 18.3 Å². The maximum absolute atomic E-state index is 13.4. The zero-order chi connectivity index (χ0) is 27.6. The van der Waals surface area contributed by atoms with Gasteiger partial charge >= 0.3 is 0 Å². The quantitative estimate of drug-likeness (QED) is 0.175. The highest BCUT2D eigenvalue weighted by Crippen LogP contribution is 2.37. The smallest absolute Gasteiger partial charge is 0.258 e. The Morgan fingerprint density at radius 1 is 1.13 bits per heavy atom. The highest BCUT2D eigenvalue weighted by Gasteiger charge is 2.49. The molecule has 1 aliphatic rings. The molecule has 1 amide bonds. The van der Waals surface area contributed by atoms with E-state index in [9.17, 15) is 10.1 Å². The fraction of sp³-hybridized carbons (Fsp3) is 0.250. The molecule has 1 heterocycles. The number of carbonyl (C=O) groups excluding carboxylic acids is 1. The van der Waals surface area contributed by atoms with Gasteiger partial charge in [-0.15, -0.1) is 0 Å². The first-order valence-electron chi connectivity index (χ1n) is 11.9. The van der Waals surface area contributed by atoms with Gasteiger partial charge in [-0.3, -0.25) is 20.4 Å². The number of halogens is 2. The van der Waals surface area contributed by atoms with Gasteiger partial charge in [0.1, 0.15) is 17.4 Å². The average Bonchev–Trinajstić information content (AvgIpc) is 3.07. The minimum atomic E-state index is -0.851. The molecule has 7 nitrogen and oxygen atoms in total. The summed E-state index contributed by atoms with van der Waals surface area (Å²) in [7, 11) is 0. The molecule has 2 N–H and O–H groups in total. The highest BCUT2D eigenvalue weighted by molar-refractivity contribution is 7.80. The summed E-state index contributed by atoms with van der Waals surface area (Å²) in [5.41, 5.74) is 5.17. The molecule has 4 rings (SSSR count). The van der Waals surface area contributed by atoms with Crippen LogP contribution in [0.15, 0.2) is 54.6 Å². The number of rotatable bonds is 8. The number of ether oxygens (including phenoxy) is 1. The summed E-state index contributed by atoms with van der Waals surface area (Å²) >= 11 is 18.6. The number of nitrogens with one attached hydrogen (secondary N) is 1. The highest BCUT2D eigenvalue weighted by atomic mass is 35.5. The molecule has 1 aliphatic heterocycles. The van der Waals surface area contributed by atoms with E-state index in [4.69, 9.17) is 45.4 Å². The van der Waals surface area contributed by atoms with Gasteiger partial charge in [0, 0.05) is 12.1 Å². The molecule has 0 aromatic heterocycles. The van der Waals surface area contributed by atoms with Crippen molar-refractivity contribution in [1.82, 2.24) is 4.90 Å². The number of anilines is 2. The van der Waals surface area contributed by atoms with Crippen molar-refractivity contribution in [1.29, 1.82) is 5.26 Å². The molecular weight excluding hydrogens is 543 g/mol. The molecule has 0 spiro atoms. The van der Waals surface area contributed by atoms with Crippen LogP contribution in [0.3, 0.4) is 0 Å². The topological polar surface area (TPSA) is 88.8 Å². The largest absolute Gasteiger partial charge is 0.493 e. The Balaban J connectivity index is 1.40. The fourth-order valence-corrected chi connectivity index (χ4v) is 5.37. The van der Waals surface area contributed by atoms with Gasteiger partial charge in [-0.05, 0) is 93.0 Å². The predicted octanol–water partition coefficient (Wildman–Crippen LogP) is 6.82. The van der Waals surface area contributed by atoms with Gasteiger partial charge in [-0.2, -0.15) is 5.26 Å². The first-order chi connectivity index (χ1) is 18.1. The second kappa shape index (κ2) is 11.2. The molecule has 196 valence electrons. The molecule has 0 radical (unpaired) electrons. The Bertz CT molecular complexity index is 1440. The van der Waals surface area contributed by atoms with Crippen LogP contribution in [-0.4, -0.2) is 39.8 Å². The van der Waals surface area contributed by atoms with Crippen LogP contribution in [0.25, 0.3) is 11.1 Å². The van der Waals surface area contributed by atoms with Crippen molar-refractivity contribution in [2.24, 2.45) is 0 Å². The summed E-state index contributed by atoms with van der Waals surface area (Å²) in [5, 5.41) is 19.5. The standard InChI is InChI=1S/C28H26Cl2N4O3S/c1-17-24(12-7-19(16-31)25(17)30)34-26(35)28(2,3)33(27(34)38)13-4-14-37-21-10-11-22(23(29)15-21)18-5-8-20(32-36)9-6-18/h5-12,15,32,36H,4,13-14H2,1-3H3. The van der Waals surface area contributed by atoms with Gasteiger partial charge in [0.15, 0.2) is 5.11 Å². The number of benzene rings is 3. The van der Waals surface area contributed by atoms with Crippen molar-refractivity contribution in [3.63, 3.8) is 0 Å². The van der Waals surface area contributed by atoms with E-state index in [0.29, 0.717) is 63.0 Å². The monoisotopic (exact) mass is 568 g/mol. The van der Waals surface area contributed by atoms with Gasteiger partial charge in [0.2, 0.25) is 0 Å². The Kier molecular flexibility index (Phi) is 8.14. The molecular formula is C28H26Cl2N4O3S. The Labute approximate surface area is 237 Å². The molecule has 1 saturated heterocycles. The lowest BCUT2D eigenvalue weighted by Crippen LogP contribution is -2.44. The zero-order valence-electron chi connectivity index (χ0n) is 21.1. The lowest BCUT2D eigenvalue weighted by atomic mass is 10.0. The number of carbonyl (C=O) groups is 1. The maximum atomic E-state index is 13.4. The second-order valence-electron chi connectivity index (χ2n) is 9.35. The van der Waals surface area contributed by atoms with E-state index in [1.807, 2.05) is 43.0 Å². The van der Waals surface area contributed by atoms with Gasteiger partial charge in [-0.1, -0.05) is 35.3 Å². The number of nitrogens with zero attached hydrogens (tertiary/aromatic N) is 3. The van der Waals surface area contributed by atoms with E-state index in [2.05, 4.69) is 11.5 Å². The number of thiocarbonyl (C=S) groups is 1. The molecule has 0 atom stereocenters. The summed E-state index contributed by atoms with van der Waals surface area (Å²) in [6.45, 7) is 6.36. The van der Waals surface area contributed by atoms with Gasteiger partial charge in [0.05, 0.1) is 33.6 Å². The van der Waals surface area contributed by atoms with E-state index in [1.54, 1.807) is 37.3 Å². The summed E-state index contributed by atoms with van der Waals surface area (Å²) in [4.78, 5) is 16.8. The molecule has 38 heavy (non-hydrogen) atoms. The zero-order valence-corrected chi connectivity index (χ0v) is 23.4.